The molecule has 1 atom stereocenters. The van der Waals surface area contributed by atoms with Crippen LogP contribution in [0.2, 0.25) is 4.34 Å². The van der Waals surface area contributed by atoms with Crippen molar-refractivity contribution in [3.8, 4) is 0 Å². The van der Waals surface area contributed by atoms with Gasteiger partial charge in [-0.3, -0.25) is 9.11 Å². The van der Waals surface area contributed by atoms with E-state index in [-0.39, 0.29) is 0 Å². The molecule has 0 aromatic carbocycles. The Morgan fingerprint density at radius 3 is 3.07 bits per heavy atom. The summed E-state index contributed by atoms with van der Waals surface area (Å²) in [7, 11) is -0.640. The van der Waals surface area contributed by atoms with Crippen LogP contribution in [0.25, 0.3) is 0 Å². The molecule has 7 heteroatoms. The van der Waals surface area contributed by atoms with Crippen molar-refractivity contribution in [2.24, 2.45) is 0 Å². The van der Waals surface area contributed by atoms with E-state index in [9.17, 15) is 4.21 Å². The molecule has 4 nitrogen and oxygen atoms in total. The summed E-state index contributed by atoms with van der Waals surface area (Å²) in [5.41, 5.74) is 0.842. The molecule has 0 bridgehead atoms. The van der Waals surface area contributed by atoms with Gasteiger partial charge in [-0.25, -0.2) is 0 Å². The molecule has 0 radical (unpaired) electrons. The maximum absolute atomic E-state index is 11.3. The molecule has 1 fully saturated rings. The zero-order chi connectivity index (χ0) is 10.7. The third kappa shape index (κ3) is 3.21. The van der Waals surface area contributed by atoms with Gasteiger partial charge in [0, 0.05) is 46.9 Å². The SMILES string of the molecule is O=S1CCCN(Cc2nnsc2Cl)CC1. The zero-order valence-electron chi connectivity index (χ0n) is 8.19. The molecule has 1 saturated heterocycles. The fraction of sp³-hybridized carbons (Fsp3) is 0.750. The third-order valence-corrected chi connectivity index (χ3v) is 4.73. The van der Waals surface area contributed by atoms with Crippen LogP contribution in [0.15, 0.2) is 0 Å². The van der Waals surface area contributed by atoms with Gasteiger partial charge >= 0.3 is 0 Å². The molecule has 2 rings (SSSR count). The molecule has 1 aliphatic heterocycles. The first-order chi connectivity index (χ1) is 7.25. The van der Waals surface area contributed by atoms with Gasteiger partial charge in [-0.15, -0.1) is 5.10 Å². The van der Waals surface area contributed by atoms with E-state index in [1.807, 2.05) is 0 Å². The van der Waals surface area contributed by atoms with Crippen LogP contribution in [0.1, 0.15) is 12.1 Å². The second-order valence-electron chi connectivity index (χ2n) is 3.47. The lowest BCUT2D eigenvalue weighted by atomic mass is 10.3. The summed E-state index contributed by atoms with van der Waals surface area (Å²) in [6.45, 7) is 2.56. The van der Waals surface area contributed by atoms with Crippen LogP contribution >= 0.6 is 23.1 Å². The topological polar surface area (TPSA) is 46.1 Å². The van der Waals surface area contributed by atoms with E-state index >= 15 is 0 Å². The summed E-state index contributed by atoms with van der Waals surface area (Å²) in [6.07, 6.45) is 0.988. The van der Waals surface area contributed by atoms with Crippen molar-refractivity contribution in [3.63, 3.8) is 0 Å². The fourth-order valence-electron chi connectivity index (χ4n) is 1.56. The van der Waals surface area contributed by atoms with Gasteiger partial charge in [0.1, 0.15) is 10.0 Å². The molecule has 0 aliphatic carbocycles. The second-order valence-corrected chi connectivity index (χ2v) is 6.52. The van der Waals surface area contributed by atoms with E-state index in [1.54, 1.807) is 0 Å². The van der Waals surface area contributed by atoms with Crippen LogP contribution < -0.4 is 0 Å². The van der Waals surface area contributed by atoms with Crippen molar-refractivity contribution >= 4 is 33.9 Å². The normalized spacial score (nSPS) is 23.9. The Bertz CT molecular complexity index is 357. The Labute approximate surface area is 100 Å². The van der Waals surface area contributed by atoms with Gasteiger partial charge in [0.25, 0.3) is 0 Å². The molecule has 1 aromatic rings. The summed E-state index contributed by atoms with van der Waals surface area (Å²) < 4.78 is 15.8. The molecule has 0 spiro atoms. The number of hydrogen-bond donors (Lipinski definition) is 0. The van der Waals surface area contributed by atoms with Crippen LogP contribution in [-0.4, -0.2) is 43.3 Å². The lowest BCUT2D eigenvalue weighted by Crippen LogP contribution is -2.26. The minimum absolute atomic E-state index is 0.640. The Balaban J connectivity index is 1.94. The lowest BCUT2D eigenvalue weighted by molar-refractivity contribution is 0.284. The summed E-state index contributed by atoms with van der Waals surface area (Å²) in [5, 5.41) is 3.98. The average molecular weight is 266 g/mol. The van der Waals surface area contributed by atoms with Gasteiger partial charge in [-0.05, 0) is 13.0 Å². The van der Waals surface area contributed by atoms with Crippen LogP contribution in [0, 0.1) is 0 Å². The molecule has 0 saturated carbocycles. The summed E-state index contributed by atoms with van der Waals surface area (Å²) >= 11 is 7.15. The predicted molar refractivity (Wildman–Crippen MR) is 62.7 cm³/mol. The second kappa shape index (κ2) is 5.34. The van der Waals surface area contributed by atoms with Gasteiger partial charge in [0.15, 0.2) is 0 Å². The molecule has 0 N–H and O–H groups in total. The monoisotopic (exact) mass is 265 g/mol. The van der Waals surface area contributed by atoms with Crippen LogP contribution in [0.4, 0.5) is 0 Å². The van der Waals surface area contributed by atoms with Crippen LogP contribution in [0.3, 0.4) is 0 Å². The first-order valence-electron chi connectivity index (χ1n) is 4.80. The fourth-order valence-corrected chi connectivity index (χ4v) is 3.28. The van der Waals surface area contributed by atoms with Crippen molar-refractivity contribution in [3.05, 3.63) is 10.0 Å². The Kier molecular flexibility index (Phi) is 4.07. The van der Waals surface area contributed by atoms with E-state index in [0.717, 1.165) is 43.3 Å². The molecule has 2 heterocycles. The smallest absolute Gasteiger partial charge is 0.138 e. The average Bonchev–Trinajstić information content (AvgIpc) is 2.48. The largest absolute Gasteiger partial charge is 0.296 e. The molecule has 1 aliphatic rings. The van der Waals surface area contributed by atoms with Crippen molar-refractivity contribution in [1.29, 1.82) is 0 Å². The number of aromatic nitrogens is 2. The predicted octanol–water partition coefficient (Wildman–Crippen LogP) is 1.15. The maximum atomic E-state index is 11.3. The van der Waals surface area contributed by atoms with E-state index in [2.05, 4.69) is 14.5 Å². The maximum Gasteiger partial charge on any atom is 0.138 e. The summed E-state index contributed by atoms with van der Waals surface area (Å²) in [4.78, 5) is 2.24. The van der Waals surface area contributed by atoms with E-state index in [4.69, 9.17) is 11.6 Å². The van der Waals surface area contributed by atoms with Crippen molar-refractivity contribution in [2.45, 2.75) is 13.0 Å². The van der Waals surface area contributed by atoms with E-state index in [1.165, 1.54) is 11.5 Å². The number of halogens is 1. The Hall–Kier alpha value is -0.0400. The first kappa shape index (κ1) is 11.4. The van der Waals surface area contributed by atoms with E-state index < -0.39 is 10.8 Å². The van der Waals surface area contributed by atoms with Gasteiger partial charge in [-0.1, -0.05) is 16.1 Å². The minimum Gasteiger partial charge on any atom is -0.296 e. The lowest BCUT2D eigenvalue weighted by Gasteiger charge is -2.17. The van der Waals surface area contributed by atoms with E-state index in [0.29, 0.717) is 4.34 Å². The standard InChI is InChI=1S/C8H12ClN3OS2/c9-8-7(10-11-14-8)6-12-2-1-4-15(13)5-3-12/h1-6H2. The first-order valence-corrected chi connectivity index (χ1v) is 7.43. The molecule has 15 heavy (non-hydrogen) atoms. The third-order valence-electron chi connectivity index (χ3n) is 2.36. The number of rotatable bonds is 2. The van der Waals surface area contributed by atoms with Crippen molar-refractivity contribution in [1.82, 2.24) is 14.5 Å². The molecular weight excluding hydrogens is 254 g/mol. The minimum atomic E-state index is -0.640. The number of hydrogen-bond acceptors (Lipinski definition) is 5. The van der Waals surface area contributed by atoms with Crippen molar-refractivity contribution in [2.75, 3.05) is 24.6 Å². The van der Waals surface area contributed by atoms with Gasteiger partial charge in [0.05, 0.1) is 0 Å². The molecule has 0 amide bonds. The Morgan fingerprint density at radius 1 is 1.47 bits per heavy atom. The van der Waals surface area contributed by atoms with Crippen molar-refractivity contribution < 1.29 is 4.21 Å². The molecule has 1 aromatic heterocycles. The van der Waals surface area contributed by atoms with Crippen LogP contribution in [-0.2, 0) is 17.3 Å². The molecular formula is C8H12ClN3OS2. The van der Waals surface area contributed by atoms with Gasteiger partial charge in [0.2, 0.25) is 0 Å². The summed E-state index contributed by atoms with van der Waals surface area (Å²) in [6, 6.07) is 0. The molecule has 84 valence electrons. The number of nitrogens with zero attached hydrogens (tertiary/aromatic N) is 3. The highest BCUT2D eigenvalue weighted by Gasteiger charge is 2.16. The zero-order valence-corrected chi connectivity index (χ0v) is 10.6. The highest BCUT2D eigenvalue weighted by Crippen LogP contribution is 2.19. The summed E-state index contributed by atoms with van der Waals surface area (Å²) in [5.74, 6) is 1.58. The quantitative estimate of drug-likeness (QED) is 0.805. The molecule has 1 unspecified atom stereocenters. The Morgan fingerprint density at radius 2 is 2.33 bits per heavy atom. The van der Waals surface area contributed by atoms with Gasteiger partial charge < -0.3 is 0 Å². The van der Waals surface area contributed by atoms with Gasteiger partial charge in [-0.2, -0.15) is 0 Å². The highest BCUT2D eigenvalue weighted by atomic mass is 35.5. The highest BCUT2D eigenvalue weighted by molar-refractivity contribution is 7.85. The van der Waals surface area contributed by atoms with Crippen LogP contribution in [0.5, 0.6) is 0 Å².